The highest BCUT2D eigenvalue weighted by Crippen LogP contribution is 2.29. The molecule has 3 aromatic rings. The molecule has 1 aliphatic heterocycles. The van der Waals surface area contributed by atoms with Gasteiger partial charge in [-0.3, -0.25) is 10.2 Å². The fourth-order valence-corrected chi connectivity index (χ4v) is 4.61. The number of benzene rings is 2. The minimum Gasteiger partial charge on any atom is -0.449 e. The summed E-state index contributed by atoms with van der Waals surface area (Å²) < 4.78 is 11.3. The summed E-state index contributed by atoms with van der Waals surface area (Å²) in [5.74, 6) is 1.13. The summed E-state index contributed by atoms with van der Waals surface area (Å²) in [7, 11) is 0. The van der Waals surface area contributed by atoms with Crippen molar-refractivity contribution in [1.82, 2.24) is 9.27 Å². The molecule has 4 rings (SSSR count). The van der Waals surface area contributed by atoms with Gasteiger partial charge in [-0.25, -0.2) is 4.79 Å². The summed E-state index contributed by atoms with van der Waals surface area (Å²) in [5, 5.41) is 4.10. The highest BCUT2D eigenvalue weighted by molar-refractivity contribution is 7.13. The Bertz CT molecular complexity index is 1050. The molecule has 0 radical (unpaired) electrons. The van der Waals surface area contributed by atoms with Crippen LogP contribution >= 0.6 is 11.5 Å². The van der Waals surface area contributed by atoms with Crippen molar-refractivity contribution < 1.29 is 9.53 Å². The Morgan fingerprint density at radius 1 is 1.09 bits per heavy atom. The van der Waals surface area contributed by atoms with Crippen LogP contribution in [0.1, 0.15) is 26.3 Å². The number of amides is 1. The molecule has 1 fully saturated rings. The highest BCUT2D eigenvalue weighted by Gasteiger charge is 2.20. The molecule has 1 aromatic heterocycles. The summed E-state index contributed by atoms with van der Waals surface area (Å²) in [4.78, 5) is 16.9. The molecular weight excluding hydrogens is 420 g/mol. The number of rotatable bonds is 6. The second-order valence-electron chi connectivity index (χ2n) is 9.54. The smallest absolute Gasteiger partial charge is 0.411 e. The first kappa shape index (κ1) is 22.6. The molecule has 1 saturated heterocycles. The molecule has 2 aromatic carbocycles. The van der Waals surface area contributed by atoms with Crippen molar-refractivity contribution in [3.63, 3.8) is 0 Å². The van der Waals surface area contributed by atoms with Gasteiger partial charge in [0.25, 0.3) is 0 Å². The number of ether oxygens (including phenoxy) is 1. The molecule has 1 amide bonds. The van der Waals surface area contributed by atoms with Gasteiger partial charge in [0.05, 0.1) is 11.3 Å². The second kappa shape index (κ2) is 9.88. The van der Waals surface area contributed by atoms with Crippen molar-refractivity contribution in [2.45, 2.75) is 27.2 Å². The first-order valence-corrected chi connectivity index (χ1v) is 12.0. The van der Waals surface area contributed by atoms with E-state index in [1.807, 2.05) is 39.0 Å². The van der Waals surface area contributed by atoms with Crippen molar-refractivity contribution in [3.05, 3.63) is 54.1 Å². The predicted octanol–water partition coefficient (Wildman–Crippen LogP) is 5.26. The lowest BCUT2D eigenvalue weighted by Crippen LogP contribution is -2.47. The van der Waals surface area contributed by atoms with E-state index in [0.29, 0.717) is 6.61 Å². The maximum absolute atomic E-state index is 12.0. The van der Waals surface area contributed by atoms with Crippen LogP contribution in [0.3, 0.4) is 0 Å². The van der Waals surface area contributed by atoms with Crippen molar-refractivity contribution in [2.24, 2.45) is 5.41 Å². The van der Waals surface area contributed by atoms with Crippen LogP contribution in [-0.4, -0.2) is 54.7 Å². The maximum Gasteiger partial charge on any atom is 0.411 e. The SMILES string of the molecule is CC(C)(C)COC(=O)Nc1cccc(CCN2CCN(c3nsc4ccccc34)CC2)c1. The van der Waals surface area contributed by atoms with Gasteiger partial charge in [0, 0.05) is 43.8 Å². The Morgan fingerprint density at radius 3 is 2.66 bits per heavy atom. The molecule has 1 N–H and O–H groups in total. The molecule has 170 valence electrons. The highest BCUT2D eigenvalue weighted by atomic mass is 32.1. The van der Waals surface area contributed by atoms with Crippen LogP contribution in [0, 0.1) is 5.41 Å². The topological polar surface area (TPSA) is 57.7 Å². The van der Waals surface area contributed by atoms with E-state index in [1.54, 1.807) is 11.5 Å². The number of anilines is 2. The standard InChI is InChI=1S/C25H32N4O2S/c1-25(2,3)18-31-24(30)26-20-8-6-7-19(17-20)11-12-28-13-15-29(16-14-28)23-21-9-4-5-10-22(21)32-27-23/h4-10,17H,11-16,18H2,1-3H3,(H,26,30). The number of nitrogens with one attached hydrogen (secondary N) is 1. The molecule has 0 aliphatic carbocycles. The Hall–Kier alpha value is -2.64. The van der Waals surface area contributed by atoms with Gasteiger partial charge >= 0.3 is 6.09 Å². The van der Waals surface area contributed by atoms with E-state index < -0.39 is 6.09 Å². The lowest BCUT2D eigenvalue weighted by atomic mass is 9.99. The van der Waals surface area contributed by atoms with Crippen molar-refractivity contribution in [1.29, 1.82) is 0 Å². The number of carbonyl (C=O) groups is 1. The van der Waals surface area contributed by atoms with Crippen LogP contribution < -0.4 is 10.2 Å². The number of fused-ring (bicyclic) bond motifs is 1. The van der Waals surface area contributed by atoms with Crippen LogP contribution in [0.25, 0.3) is 10.1 Å². The van der Waals surface area contributed by atoms with Crippen LogP contribution in [0.2, 0.25) is 0 Å². The molecule has 0 atom stereocenters. The van der Waals surface area contributed by atoms with Crippen molar-refractivity contribution in [3.8, 4) is 0 Å². The maximum atomic E-state index is 12.0. The third kappa shape index (κ3) is 5.99. The van der Waals surface area contributed by atoms with Gasteiger partial charge < -0.3 is 9.64 Å². The number of hydrogen-bond acceptors (Lipinski definition) is 6. The molecule has 6 nitrogen and oxygen atoms in total. The van der Waals surface area contributed by atoms with E-state index >= 15 is 0 Å². The monoisotopic (exact) mass is 452 g/mol. The first-order valence-electron chi connectivity index (χ1n) is 11.2. The van der Waals surface area contributed by atoms with Gasteiger partial charge in [-0.1, -0.05) is 45.0 Å². The quantitative estimate of drug-likeness (QED) is 0.553. The largest absolute Gasteiger partial charge is 0.449 e. The molecule has 7 heteroatoms. The summed E-state index contributed by atoms with van der Waals surface area (Å²) >= 11 is 1.58. The Morgan fingerprint density at radius 2 is 1.88 bits per heavy atom. The van der Waals surface area contributed by atoms with Gasteiger partial charge in [-0.05, 0) is 53.2 Å². The Kier molecular flexibility index (Phi) is 6.96. The van der Waals surface area contributed by atoms with E-state index in [9.17, 15) is 4.79 Å². The molecular formula is C25H32N4O2S. The number of piperazine rings is 1. The third-order valence-corrected chi connectivity index (χ3v) is 6.37. The number of aromatic nitrogens is 1. The van der Waals surface area contributed by atoms with Crippen molar-refractivity contribution in [2.75, 3.05) is 49.5 Å². The average Bonchev–Trinajstić information content (AvgIpc) is 3.21. The first-order chi connectivity index (χ1) is 15.4. The normalized spacial score (nSPS) is 15.2. The Labute approximate surface area is 194 Å². The van der Waals surface area contributed by atoms with Crippen LogP contribution in [0.15, 0.2) is 48.5 Å². The zero-order chi connectivity index (χ0) is 22.6. The van der Waals surface area contributed by atoms with Gasteiger partial charge in [0.15, 0.2) is 0 Å². The van der Waals surface area contributed by atoms with E-state index in [4.69, 9.17) is 9.11 Å². The zero-order valence-corrected chi connectivity index (χ0v) is 20.0. The fraction of sp³-hybridized carbons (Fsp3) is 0.440. The van der Waals surface area contributed by atoms with Crippen molar-refractivity contribution >= 4 is 39.2 Å². The molecule has 0 saturated carbocycles. The molecule has 0 bridgehead atoms. The van der Waals surface area contributed by atoms with E-state index in [-0.39, 0.29) is 5.41 Å². The molecule has 2 heterocycles. The summed E-state index contributed by atoms with van der Waals surface area (Å²) in [6, 6.07) is 16.5. The van der Waals surface area contributed by atoms with Gasteiger partial charge in [-0.2, -0.15) is 4.37 Å². The lowest BCUT2D eigenvalue weighted by molar-refractivity contribution is 0.118. The van der Waals surface area contributed by atoms with E-state index in [0.717, 1.165) is 50.6 Å². The number of nitrogens with zero attached hydrogens (tertiary/aromatic N) is 3. The van der Waals surface area contributed by atoms with Crippen LogP contribution in [-0.2, 0) is 11.2 Å². The summed E-state index contributed by atoms with van der Waals surface area (Å²) in [6.45, 7) is 11.6. The minimum absolute atomic E-state index is 0.0458. The van der Waals surface area contributed by atoms with E-state index in [2.05, 4.69) is 45.4 Å². The molecule has 0 unspecified atom stereocenters. The number of carbonyl (C=O) groups excluding carboxylic acids is 1. The molecule has 32 heavy (non-hydrogen) atoms. The fourth-order valence-electron chi connectivity index (χ4n) is 3.81. The second-order valence-corrected chi connectivity index (χ2v) is 10.3. The molecule has 0 spiro atoms. The van der Waals surface area contributed by atoms with Gasteiger partial charge in [-0.15, -0.1) is 0 Å². The summed E-state index contributed by atoms with van der Waals surface area (Å²) in [6.07, 6.45) is 0.550. The third-order valence-electron chi connectivity index (χ3n) is 5.56. The number of hydrogen-bond donors (Lipinski definition) is 1. The minimum atomic E-state index is -0.400. The average molecular weight is 453 g/mol. The zero-order valence-electron chi connectivity index (χ0n) is 19.1. The van der Waals surface area contributed by atoms with E-state index in [1.165, 1.54) is 15.6 Å². The lowest BCUT2D eigenvalue weighted by Gasteiger charge is -2.35. The molecule has 1 aliphatic rings. The Balaban J connectivity index is 1.25. The van der Waals surface area contributed by atoms with Crippen LogP contribution in [0.4, 0.5) is 16.3 Å². The van der Waals surface area contributed by atoms with Gasteiger partial charge in [0.1, 0.15) is 5.82 Å². The summed E-state index contributed by atoms with van der Waals surface area (Å²) in [5.41, 5.74) is 1.95. The van der Waals surface area contributed by atoms with Crippen LogP contribution in [0.5, 0.6) is 0 Å². The predicted molar refractivity (Wildman–Crippen MR) is 133 cm³/mol. The van der Waals surface area contributed by atoms with Gasteiger partial charge in [0.2, 0.25) is 0 Å².